The van der Waals surface area contributed by atoms with E-state index in [9.17, 15) is 4.39 Å². The van der Waals surface area contributed by atoms with Crippen molar-refractivity contribution in [2.75, 3.05) is 19.8 Å². The Hall–Kier alpha value is -2.38. The van der Waals surface area contributed by atoms with Gasteiger partial charge in [-0.3, -0.25) is 0 Å². The molecule has 1 aliphatic carbocycles. The summed E-state index contributed by atoms with van der Waals surface area (Å²) in [5, 5.41) is 0. The summed E-state index contributed by atoms with van der Waals surface area (Å²) in [6.45, 7) is 6.70. The highest BCUT2D eigenvalue weighted by Gasteiger charge is 2.44. The standard InChI is InChI=1S/C26H28F4O3/c1-3-5-6-16-14-32-22(33-15-16)12-8-17-7-9-19-18-10-11-21(31-4-2)25(28)20(18)13-26(29,30)23(19)24(17)27/h3,7,9-11,16,22H,1,4-6,8,12-15H2,2H3. The number of halogens is 4. The summed E-state index contributed by atoms with van der Waals surface area (Å²) in [6.07, 6.45) is 2.82. The van der Waals surface area contributed by atoms with Crippen molar-refractivity contribution in [2.24, 2.45) is 5.92 Å². The van der Waals surface area contributed by atoms with Gasteiger partial charge in [0.15, 0.2) is 17.9 Å². The van der Waals surface area contributed by atoms with Crippen LogP contribution in [0, 0.1) is 17.6 Å². The molecular weight excluding hydrogens is 436 g/mol. The Morgan fingerprint density at radius 2 is 1.79 bits per heavy atom. The van der Waals surface area contributed by atoms with E-state index in [0.29, 0.717) is 25.6 Å². The van der Waals surface area contributed by atoms with Crippen LogP contribution in [0.15, 0.2) is 36.9 Å². The van der Waals surface area contributed by atoms with Gasteiger partial charge in [-0.25, -0.2) is 17.6 Å². The molecule has 1 fully saturated rings. The first-order chi connectivity index (χ1) is 15.9. The van der Waals surface area contributed by atoms with Crippen LogP contribution < -0.4 is 4.74 Å². The SMILES string of the molecule is C=CCCC1COC(CCc2ccc3c(c2F)C(F)(F)Cc2c-3ccc(OCC)c2F)OC1. The number of aryl methyl sites for hydroxylation is 1. The van der Waals surface area contributed by atoms with Crippen LogP contribution in [0.4, 0.5) is 17.6 Å². The molecule has 1 saturated heterocycles. The minimum Gasteiger partial charge on any atom is -0.491 e. The van der Waals surface area contributed by atoms with Crippen LogP contribution in [-0.4, -0.2) is 26.1 Å². The highest BCUT2D eigenvalue weighted by atomic mass is 19.3. The minimum absolute atomic E-state index is 0.0136. The van der Waals surface area contributed by atoms with Crippen molar-refractivity contribution in [3.63, 3.8) is 0 Å². The highest BCUT2D eigenvalue weighted by Crippen LogP contribution is 2.49. The lowest BCUT2D eigenvalue weighted by Gasteiger charge is -2.30. The second-order valence-electron chi connectivity index (χ2n) is 8.55. The van der Waals surface area contributed by atoms with E-state index in [1.807, 2.05) is 6.08 Å². The lowest BCUT2D eigenvalue weighted by Crippen LogP contribution is -2.32. The van der Waals surface area contributed by atoms with Gasteiger partial charge in [0, 0.05) is 24.3 Å². The summed E-state index contributed by atoms with van der Waals surface area (Å²) in [6, 6.07) is 5.86. The molecule has 0 aromatic heterocycles. The number of hydrogen-bond donors (Lipinski definition) is 0. The number of ether oxygens (including phenoxy) is 3. The van der Waals surface area contributed by atoms with Crippen molar-refractivity contribution in [2.45, 2.75) is 51.2 Å². The normalized spacial score (nSPS) is 21.2. The van der Waals surface area contributed by atoms with Crippen molar-refractivity contribution in [1.82, 2.24) is 0 Å². The van der Waals surface area contributed by atoms with Gasteiger partial charge in [-0.15, -0.1) is 6.58 Å². The Kier molecular flexibility index (Phi) is 7.10. The fraction of sp³-hybridized carbons (Fsp3) is 0.462. The van der Waals surface area contributed by atoms with E-state index in [1.54, 1.807) is 6.92 Å². The first kappa shape index (κ1) is 23.8. The van der Waals surface area contributed by atoms with Crippen molar-refractivity contribution in [1.29, 1.82) is 0 Å². The fourth-order valence-corrected chi connectivity index (χ4v) is 4.54. The van der Waals surface area contributed by atoms with E-state index < -0.39 is 35.8 Å². The van der Waals surface area contributed by atoms with Crippen molar-refractivity contribution in [3.05, 3.63) is 65.2 Å². The largest absolute Gasteiger partial charge is 0.491 e. The molecule has 2 aromatic carbocycles. The molecule has 33 heavy (non-hydrogen) atoms. The van der Waals surface area contributed by atoms with Gasteiger partial charge in [0.25, 0.3) is 5.92 Å². The lowest BCUT2D eigenvalue weighted by atomic mass is 9.81. The number of hydrogen-bond acceptors (Lipinski definition) is 3. The number of rotatable bonds is 8. The predicted molar refractivity (Wildman–Crippen MR) is 117 cm³/mol. The highest BCUT2D eigenvalue weighted by molar-refractivity contribution is 5.76. The zero-order valence-electron chi connectivity index (χ0n) is 18.6. The molecule has 7 heteroatoms. The van der Waals surface area contributed by atoms with Gasteiger partial charge in [0.1, 0.15) is 5.82 Å². The van der Waals surface area contributed by atoms with Crippen LogP contribution >= 0.6 is 0 Å². The van der Waals surface area contributed by atoms with E-state index in [1.165, 1.54) is 24.3 Å². The van der Waals surface area contributed by atoms with E-state index in [4.69, 9.17) is 14.2 Å². The number of benzene rings is 2. The maximum Gasteiger partial charge on any atom is 0.280 e. The molecule has 0 saturated carbocycles. The number of allylic oxidation sites excluding steroid dienone is 1. The van der Waals surface area contributed by atoms with Gasteiger partial charge >= 0.3 is 0 Å². The summed E-state index contributed by atoms with van der Waals surface area (Å²) in [5.41, 5.74) is -0.373. The molecule has 0 atom stereocenters. The second-order valence-corrected chi connectivity index (χ2v) is 8.55. The smallest absolute Gasteiger partial charge is 0.280 e. The second kappa shape index (κ2) is 9.85. The zero-order chi connectivity index (χ0) is 23.6. The summed E-state index contributed by atoms with van der Waals surface area (Å²) in [4.78, 5) is 0. The van der Waals surface area contributed by atoms with E-state index in [2.05, 4.69) is 6.58 Å². The molecule has 0 amide bonds. The quantitative estimate of drug-likeness (QED) is 0.327. The molecule has 0 unspecified atom stereocenters. The van der Waals surface area contributed by atoms with Crippen LogP contribution in [0.3, 0.4) is 0 Å². The number of alkyl halides is 2. The van der Waals surface area contributed by atoms with Gasteiger partial charge in [0.2, 0.25) is 0 Å². The summed E-state index contributed by atoms with van der Waals surface area (Å²) >= 11 is 0. The van der Waals surface area contributed by atoms with Gasteiger partial charge < -0.3 is 14.2 Å². The molecule has 3 nitrogen and oxygen atoms in total. The molecule has 0 spiro atoms. The van der Waals surface area contributed by atoms with E-state index in [0.717, 1.165) is 12.8 Å². The first-order valence-electron chi connectivity index (χ1n) is 11.3. The fourth-order valence-electron chi connectivity index (χ4n) is 4.54. The molecule has 0 N–H and O–H groups in total. The predicted octanol–water partition coefficient (Wildman–Crippen LogP) is 6.57. The maximum absolute atomic E-state index is 15.3. The third-order valence-corrected chi connectivity index (χ3v) is 6.25. The number of fused-ring (bicyclic) bond motifs is 3. The van der Waals surface area contributed by atoms with Crippen molar-refractivity contribution in [3.8, 4) is 16.9 Å². The summed E-state index contributed by atoms with van der Waals surface area (Å²) in [5.74, 6) is -5.09. The van der Waals surface area contributed by atoms with Gasteiger partial charge in [-0.1, -0.05) is 24.3 Å². The third kappa shape index (κ3) is 4.80. The first-order valence-corrected chi connectivity index (χ1v) is 11.3. The topological polar surface area (TPSA) is 27.7 Å². The van der Waals surface area contributed by atoms with Crippen LogP contribution in [0.5, 0.6) is 5.75 Å². The molecule has 1 heterocycles. The Morgan fingerprint density at radius 3 is 2.48 bits per heavy atom. The Balaban J connectivity index is 1.53. The Morgan fingerprint density at radius 1 is 1.06 bits per heavy atom. The van der Waals surface area contributed by atoms with E-state index >= 15 is 13.2 Å². The molecule has 1 aliphatic heterocycles. The average Bonchev–Trinajstić information content (AvgIpc) is 2.79. The van der Waals surface area contributed by atoms with Crippen LogP contribution in [0.1, 0.15) is 42.9 Å². The van der Waals surface area contributed by atoms with Crippen molar-refractivity contribution < 1.29 is 31.8 Å². The summed E-state index contributed by atoms with van der Waals surface area (Å²) < 4.78 is 76.8. The minimum atomic E-state index is -3.54. The van der Waals surface area contributed by atoms with Crippen LogP contribution in [0.2, 0.25) is 0 Å². The summed E-state index contributed by atoms with van der Waals surface area (Å²) in [7, 11) is 0. The average molecular weight is 464 g/mol. The molecule has 2 aromatic rings. The van der Waals surface area contributed by atoms with E-state index in [-0.39, 0.29) is 41.0 Å². The molecule has 0 radical (unpaired) electrons. The lowest BCUT2D eigenvalue weighted by molar-refractivity contribution is -0.203. The van der Waals surface area contributed by atoms with Gasteiger partial charge in [0.05, 0.1) is 25.4 Å². The maximum atomic E-state index is 15.3. The zero-order valence-corrected chi connectivity index (χ0v) is 18.6. The van der Waals surface area contributed by atoms with Crippen molar-refractivity contribution >= 4 is 0 Å². The molecule has 4 rings (SSSR count). The molecule has 0 bridgehead atoms. The van der Waals surface area contributed by atoms with Crippen LogP contribution in [0.25, 0.3) is 11.1 Å². The van der Waals surface area contributed by atoms with Gasteiger partial charge in [-0.05, 0) is 48.9 Å². The molecular formula is C26H28F4O3. The van der Waals surface area contributed by atoms with Crippen LogP contribution in [-0.2, 0) is 28.2 Å². The van der Waals surface area contributed by atoms with Gasteiger partial charge in [-0.2, -0.15) is 0 Å². The Bertz CT molecular complexity index is 1010. The molecule has 178 valence electrons. The molecule has 2 aliphatic rings. The third-order valence-electron chi connectivity index (χ3n) is 6.25. The monoisotopic (exact) mass is 464 g/mol. The Labute approximate surface area is 191 Å².